The van der Waals surface area contributed by atoms with Crippen molar-refractivity contribution in [3.8, 4) is 39.1 Å². The number of benzene rings is 13. The maximum Gasteiger partial charge on any atom is 0.0541 e. The molecule has 0 saturated carbocycles. The Labute approximate surface area is 375 Å². The summed E-state index contributed by atoms with van der Waals surface area (Å²) in [5.74, 6) is 0. The molecule has 0 radical (unpaired) electrons. The van der Waals surface area contributed by atoms with Crippen LogP contribution < -0.4 is 0 Å². The van der Waals surface area contributed by atoms with Gasteiger partial charge in [0, 0.05) is 16.5 Å². The van der Waals surface area contributed by atoms with Gasteiger partial charge in [0.05, 0.1) is 11.0 Å². The molecule has 0 N–H and O–H groups in total. The highest BCUT2D eigenvalue weighted by Crippen LogP contribution is 2.49. The fraction of sp³-hybridized carbons (Fsp3) is 0. The van der Waals surface area contributed by atoms with E-state index in [0.717, 1.165) is 5.69 Å². The van der Waals surface area contributed by atoms with Gasteiger partial charge in [0.25, 0.3) is 0 Å². The molecule has 1 heteroatoms. The summed E-state index contributed by atoms with van der Waals surface area (Å²) >= 11 is 0. The second-order valence-electron chi connectivity index (χ2n) is 17.5. The third kappa shape index (κ3) is 5.33. The number of fused-ring (bicyclic) bond motifs is 14. The van der Waals surface area contributed by atoms with Crippen LogP contribution in [0.15, 0.2) is 237 Å². The Kier molecular flexibility index (Phi) is 7.75. The molecule has 14 rings (SSSR count). The molecule has 14 aromatic rings. The van der Waals surface area contributed by atoms with Gasteiger partial charge >= 0.3 is 0 Å². The normalized spacial score (nSPS) is 12.0. The Morgan fingerprint density at radius 3 is 1.34 bits per heavy atom. The van der Waals surface area contributed by atoms with E-state index < -0.39 is 0 Å². The third-order valence-electron chi connectivity index (χ3n) is 14.1. The van der Waals surface area contributed by atoms with E-state index in [-0.39, 0.29) is 0 Å². The van der Waals surface area contributed by atoms with Crippen LogP contribution in [0.4, 0.5) is 0 Å². The molecule has 65 heavy (non-hydrogen) atoms. The summed E-state index contributed by atoms with van der Waals surface area (Å²) in [4.78, 5) is 0. The van der Waals surface area contributed by atoms with Gasteiger partial charge in [0.2, 0.25) is 0 Å². The molecule has 1 nitrogen and oxygen atoms in total. The monoisotopic (exact) mass is 821 g/mol. The molecular formula is C64H39N. The van der Waals surface area contributed by atoms with Gasteiger partial charge in [0.1, 0.15) is 0 Å². The average Bonchev–Trinajstić information content (AvgIpc) is 3.72. The predicted octanol–water partition coefficient (Wildman–Crippen LogP) is 17.9. The highest BCUT2D eigenvalue weighted by Gasteiger charge is 2.21. The van der Waals surface area contributed by atoms with Crippen molar-refractivity contribution in [1.29, 1.82) is 0 Å². The highest BCUT2D eigenvalue weighted by atomic mass is 15.0. The molecule has 0 atom stereocenters. The maximum absolute atomic E-state index is 2.50. The quantitative estimate of drug-likeness (QED) is 0.123. The molecule has 13 aromatic carbocycles. The van der Waals surface area contributed by atoms with Crippen molar-refractivity contribution >= 4 is 97.2 Å². The van der Waals surface area contributed by atoms with Crippen LogP contribution in [0.1, 0.15) is 0 Å². The van der Waals surface area contributed by atoms with Gasteiger partial charge in [-0.2, -0.15) is 0 Å². The van der Waals surface area contributed by atoms with Crippen LogP contribution in [0.2, 0.25) is 0 Å². The fourth-order valence-electron chi connectivity index (χ4n) is 11.3. The zero-order chi connectivity index (χ0) is 42.6. The van der Waals surface area contributed by atoms with Gasteiger partial charge in [0.15, 0.2) is 0 Å². The highest BCUT2D eigenvalue weighted by molar-refractivity contribution is 6.35. The van der Waals surface area contributed by atoms with E-state index in [1.165, 1.54) is 131 Å². The minimum absolute atomic E-state index is 1.16. The fourth-order valence-corrected chi connectivity index (χ4v) is 11.3. The molecule has 1 aromatic heterocycles. The van der Waals surface area contributed by atoms with Crippen LogP contribution in [-0.4, -0.2) is 4.57 Å². The molecule has 0 unspecified atom stereocenters. The lowest BCUT2D eigenvalue weighted by atomic mass is 9.82. The molecular weight excluding hydrogens is 783 g/mol. The first-order chi connectivity index (χ1) is 32.3. The maximum atomic E-state index is 2.50. The van der Waals surface area contributed by atoms with E-state index >= 15 is 0 Å². The molecule has 300 valence electrons. The Hall–Kier alpha value is -8.52. The number of aromatic nitrogens is 1. The molecule has 1 heterocycles. The van der Waals surface area contributed by atoms with E-state index in [9.17, 15) is 0 Å². The predicted molar refractivity (Wildman–Crippen MR) is 280 cm³/mol. The summed E-state index contributed by atoms with van der Waals surface area (Å²) in [6, 6.07) is 87.9. The van der Waals surface area contributed by atoms with E-state index in [1.54, 1.807) is 0 Å². The Balaban J connectivity index is 0.987. The Bertz CT molecular complexity index is 4170. The van der Waals surface area contributed by atoms with Crippen LogP contribution in [0.25, 0.3) is 136 Å². The molecule has 0 fully saturated rings. The van der Waals surface area contributed by atoms with Crippen molar-refractivity contribution in [3.05, 3.63) is 237 Å². The average molecular weight is 822 g/mol. The number of rotatable bonds is 4. The van der Waals surface area contributed by atoms with E-state index in [1.807, 2.05) is 0 Å². The molecule has 0 amide bonds. The van der Waals surface area contributed by atoms with Crippen molar-refractivity contribution in [2.45, 2.75) is 0 Å². The standard InChI is InChI=1S/C64H39N/c1-2-16-42-37-44(30-29-40(42)15-1)62-52-23-7-9-25-54(52)64(55-26-10-8-24-53(55)62)59-39-58-47-18-4-3-17-46(47)57-38-43(33-36-56(57)63(58)51-22-6-5-19-48(51)59)41-31-34-45(35-32-41)65-60-27-13-11-20-49(60)50-21-12-14-28-61(50)65/h1-39H. The Morgan fingerprint density at radius 1 is 0.231 bits per heavy atom. The molecule has 0 aliphatic rings. The summed E-state index contributed by atoms with van der Waals surface area (Å²) in [5, 5.41) is 20.3. The minimum Gasteiger partial charge on any atom is -0.309 e. The molecule has 0 saturated heterocycles. The van der Waals surface area contributed by atoms with Gasteiger partial charge < -0.3 is 4.57 Å². The summed E-state index contributed by atoms with van der Waals surface area (Å²) in [5.41, 5.74) is 11.1. The number of hydrogen-bond donors (Lipinski definition) is 0. The summed E-state index contributed by atoms with van der Waals surface area (Å²) in [7, 11) is 0. The van der Waals surface area contributed by atoms with Gasteiger partial charge in [-0.05, 0) is 151 Å². The lowest BCUT2D eigenvalue weighted by Crippen LogP contribution is -1.94. The van der Waals surface area contributed by atoms with Crippen LogP contribution >= 0.6 is 0 Å². The first-order valence-electron chi connectivity index (χ1n) is 22.6. The number of para-hydroxylation sites is 2. The minimum atomic E-state index is 1.16. The van der Waals surface area contributed by atoms with Crippen molar-refractivity contribution in [2.24, 2.45) is 0 Å². The van der Waals surface area contributed by atoms with Gasteiger partial charge in [-0.1, -0.05) is 194 Å². The van der Waals surface area contributed by atoms with Gasteiger partial charge in [-0.25, -0.2) is 0 Å². The second kappa shape index (κ2) is 14.0. The zero-order valence-electron chi connectivity index (χ0n) is 35.5. The molecule has 0 bridgehead atoms. The summed E-state index contributed by atoms with van der Waals surface area (Å²) in [6.07, 6.45) is 0. The van der Waals surface area contributed by atoms with Crippen LogP contribution in [0.3, 0.4) is 0 Å². The van der Waals surface area contributed by atoms with Crippen molar-refractivity contribution < 1.29 is 0 Å². The zero-order valence-corrected chi connectivity index (χ0v) is 35.5. The van der Waals surface area contributed by atoms with Crippen molar-refractivity contribution in [2.75, 3.05) is 0 Å². The van der Waals surface area contributed by atoms with Crippen LogP contribution in [0.5, 0.6) is 0 Å². The van der Waals surface area contributed by atoms with Crippen molar-refractivity contribution in [1.82, 2.24) is 4.57 Å². The topological polar surface area (TPSA) is 4.93 Å². The Morgan fingerprint density at radius 2 is 0.692 bits per heavy atom. The first kappa shape index (κ1) is 36.0. The van der Waals surface area contributed by atoms with Crippen LogP contribution in [0, 0.1) is 0 Å². The van der Waals surface area contributed by atoms with Crippen molar-refractivity contribution in [3.63, 3.8) is 0 Å². The molecule has 0 spiro atoms. The summed E-state index contributed by atoms with van der Waals surface area (Å²) < 4.78 is 2.39. The lowest BCUT2D eigenvalue weighted by Gasteiger charge is -2.21. The number of nitrogens with zero attached hydrogens (tertiary/aromatic N) is 1. The lowest BCUT2D eigenvalue weighted by molar-refractivity contribution is 1.18. The second-order valence-corrected chi connectivity index (χ2v) is 17.5. The molecule has 0 aliphatic carbocycles. The SMILES string of the molecule is c1ccc2cc(-c3c4ccccc4c(-c4cc5c6ccccc6c6cc(-c7ccc(-n8c9ccccc9c9ccccc98)cc7)ccc6c5c5ccccc45)c4ccccc34)ccc2c1. The third-order valence-corrected chi connectivity index (χ3v) is 14.1. The largest absolute Gasteiger partial charge is 0.309 e. The van der Waals surface area contributed by atoms with E-state index in [0.29, 0.717) is 0 Å². The molecule has 0 aliphatic heterocycles. The smallest absolute Gasteiger partial charge is 0.0541 e. The van der Waals surface area contributed by atoms with Gasteiger partial charge in [-0.15, -0.1) is 0 Å². The first-order valence-corrected chi connectivity index (χ1v) is 22.6. The van der Waals surface area contributed by atoms with Crippen LogP contribution in [-0.2, 0) is 0 Å². The summed E-state index contributed by atoms with van der Waals surface area (Å²) in [6.45, 7) is 0. The van der Waals surface area contributed by atoms with Gasteiger partial charge in [-0.3, -0.25) is 0 Å². The number of hydrogen-bond acceptors (Lipinski definition) is 0. The van der Waals surface area contributed by atoms with E-state index in [4.69, 9.17) is 0 Å². The van der Waals surface area contributed by atoms with E-state index in [2.05, 4.69) is 241 Å².